The molecular formula is C11H21N5O2. The van der Waals surface area contributed by atoms with Crippen LogP contribution in [0.25, 0.3) is 0 Å². The van der Waals surface area contributed by atoms with Crippen LogP contribution in [0.15, 0.2) is 6.20 Å². The third-order valence-corrected chi connectivity index (χ3v) is 2.73. The van der Waals surface area contributed by atoms with E-state index in [1.54, 1.807) is 22.8 Å². The molecule has 102 valence electrons. The van der Waals surface area contributed by atoms with E-state index in [-0.39, 0.29) is 18.6 Å². The molecule has 1 aromatic heterocycles. The first-order valence-electron chi connectivity index (χ1n) is 6.06. The molecule has 1 unspecified atom stereocenters. The summed E-state index contributed by atoms with van der Waals surface area (Å²) >= 11 is 0. The molecular weight excluding hydrogens is 234 g/mol. The molecule has 1 atom stereocenters. The summed E-state index contributed by atoms with van der Waals surface area (Å²) in [4.78, 5) is 13.5. The first kappa shape index (κ1) is 14.6. The van der Waals surface area contributed by atoms with Gasteiger partial charge in [-0.1, -0.05) is 5.21 Å². The van der Waals surface area contributed by atoms with Crippen LogP contribution in [0.1, 0.15) is 19.5 Å². The smallest absolute Gasteiger partial charge is 0.239 e. The zero-order valence-corrected chi connectivity index (χ0v) is 11.1. The van der Waals surface area contributed by atoms with E-state index in [4.69, 9.17) is 5.11 Å². The minimum absolute atomic E-state index is 0.0341. The number of aliphatic hydroxyl groups excluding tert-OH is 1. The number of nitrogens with zero attached hydrogens (tertiary/aromatic N) is 4. The van der Waals surface area contributed by atoms with E-state index in [1.165, 1.54) is 0 Å². The van der Waals surface area contributed by atoms with Crippen LogP contribution in [0.5, 0.6) is 0 Å². The molecule has 2 N–H and O–H groups in total. The van der Waals surface area contributed by atoms with Crippen molar-refractivity contribution in [3.63, 3.8) is 0 Å². The van der Waals surface area contributed by atoms with Gasteiger partial charge in [-0.15, -0.1) is 5.10 Å². The lowest BCUT2D eigenvalue weighted by atomic mass is 10.3. The van der Waals surface area contributed by atoms with Crippen LogP contribution in [0.2, 0.25) is 0 Å². The Bertz CT molecular complexity index is 379. The predicted molar refractivity (Wildman–Crippen MR) is 66.7 cm³/mol. The van der Waals surface area contributed by atoms with Gasteiger partial charge in [-0.3, -0.25) is 4.79 Å². The quantitative estimate of drug-likeness (QED) is 0.668. The topological polar surface area (TPSA) is 83.3 Å². The van der Waals surface area contributed by atoms with Crippen molar-refractivity contribution in [2.75, 3.05) is 20.2 Å². The van der Waals surface area contributed by atoms with Crippen LogP contribution < -0.4 is 5.32 Å². The SMILES string of the molecule is CCN(C)C(=O)C(C)NCc1cn(CCO)nn1. The molecule has 0 bridgehead atoms. The summed E-state index contributed by atoms with van der Waals surface area (Å²) in [5.41, 5.74) is 0.752. The molecule has 0 radical (unpaired) electrons. The number of carbonyl (C=O) groups is 1. The largest absolute Gasteiger partial charge is 0.394 e. The Morgan fingerprint density at radius 2 is 2.39 bits per heavy atom. The zero-order valence-electron chi connectivity index (χ0n) is 11.1. The highest BCUT2D eigenvalue weighted by atomic mass is 16.3. The summed E-state index contributed by atoms with van der Waals surface area (Å²) < 4.78 is 1.57. The number of likely N-dealkylation sites (N-methyl/N-ethyl adjacent to an activating group) is 1. The summed E-state index contributed by atoms with van der Waals surface area (Å²) in [5.74, 6) is 0.0558. The molecule has 18 heavy (non-hydrogen) atoms. The minimum Gasteiger partial charge on any atom is -0.394 e. The molecule has 0 aliphatic rings. The lowest BCUT2D eigenvalue weighted by Crippen LogP contribution is -2.42. The van der Waals surface area contributed by atoms with Crippen LogP contribution in [-0.4, -0.2) is 57.1 Å². The Morgan fingerprint density at radius 3 is 3.00 bits per heavy atom. The van der Waals surface area contributed by atoms with Crippen molar-refractivity contribution in [1.82, 2.24) is 25.2 Å². The Hall–Kier alpha value is -1.47. The highest BCUT2D eigenvalue weighted by Crippen LogP contribution is 1.96. The van der Waals surface area contributed by atoms with Gasteiger partial charge >= 0.3 is 0 Å². The lowest BCUT2D eigenvalue weighted by molar-refractivity contribution is -0.131. The van der Waals surface area contributed by atoms with E-state index in [0.29, 0.717) is 19.6 Å². The zero-order chi connectivity index (χ0) is 13.5. The van der Waals surface area contributed by atoms with Gasteiger partial charge in [-0.05, 0) is 13.8 Å². The molecule has 0 spiro atoms. The normalized spacial score (nSPS) is 12.4. The van der Waals surface area contributed by atoms with Crippen LogP contribution in [0, 0.1) is 0 Å². The van der Waals surface area contributed by atoms with E-state index in [9.17, 15) is 4.79 Å². The molecule has 0 saturated heterocycles. The maximum absolute atomic E-state index is 11.8. The molecule has 0 fully saturated rings. The van der Waals surface area contributed by atoms with E-state index in [2.05, 4.69) is 15.6 Å². The first-order chi connectivity index (χ1) is 8.58. The first-order valence-corrected chi connectivity index (χ1v) is 6.06. The van der Waals surface area contributed by atoms with Gasteiger partial charge < -0.3 is 15.3 Å². The fraction of sp³-hybridized carbons (Fsp3) is 0.727. The van der Waals surface area contributed by atoms with Gasteiger partial charge in [0, 0.05) is 26.3 Å². The predicted octanol–water partition coefficient (Wildman–Crippen LogP) is -0.773. The van der Waals surface area contributed by atoms with Crippen molar-refractivity contribution in [1.29, 1.82) is 0 Å². The fourth-order valence-corrected chi connectivity index (χ4v) is 1.46. The van der Waals surface area contributed by atoms with Crippen molar-refractivity contribution in [3.05, 3.63) is 11.9 Å². The van der Waals surface area contributed by atoms with Crippen LogP contribution in [0.3, 0.4) is 0 Å². The van der Waals surface area contributed by atoms with Crippen LogP contribution >= 0.6 is 0 Å². The van der Waals surface area contributed by atoms with Crippen molar-refractivity contribution >= 4 is 5.91 Å². The molecule has 7 nitrogen and oxygen atoms in total. The van der Waals surface area contributed by atoms with Crippen molar-refractivity contribution in [3.8, 4) is 0 Å². The number of rotatable bonds is 7. The Labute approximate surface area is 107 Å². The Balaban J connectivity index is 2.41. The Morgan fingerprint density at radius 1 is 1.67 bits per heavy atom. The maximum Gasteiger partial charge on any atom is 0.239 e. The molecule has 1 amide bonds. The molecule has 0 aliphatic heterocycles. The molecule has 0 aliphatic carbocycles. The summed E-state index contributed by atoms with van der Waals surface area (Å²) in [7, 11) is 1.78. The molecule has 1 heterocycles. The lowest BCUT2D eigenvalue weighted by Gasteiger charge is -2.20. The van der Waals surface area contributed by atoms with E-state index in [1.807, 2.05) is 13.8 Å². The molecule has 7 heteroatoms. The molecule has 0 aromatic carbocycles. The van der Waals surface area contributed by atoms with Crippen molar-refractivity contribution in [2.45, 2.75) is 33.0 Å². The van der Waals surface area contributed by atoms with Gasteiger partial charge in [0.2, 0.25) is 5.91 Å². The standard InChI is InChI=1S/C11H21N5O2/c1-4-15(3)11(18)9(2)12-7-10-8-16(5-6-17)14-13-10/h8-9,12,17H,4-7H2,1-3H3. The van der Waals surface area contributed by atoms with E-state index < -0.39 is 0 Å². The van der Waals surface area contributed by atoms with Gasteiger partial charge in [-0.2, -0.15) is 0 Å². The van der Waals surface area contributed by atoms with Crippen LogP contribution in [0.4, 0.5) is 0 Å². The van der Waals surface area contributed by atoms with Crippen molar-refractivity contribution < 1.29 is 9.90 Å². The highest BCUT2D eigenvalue weighted by molar-refractivity contribution is 5.81. The number of amides is 1. The van der Waals surface area contributed by atoms with Crippen molar-refractivity contribution in [2.24, 2.45) is 0 Å². The number of hydrogen-bond acceptors (Lipinski definition) is 5. The molecule has 1 aromatic rings. The van der Waals surface area contributed by atoms with E-state index >= 15 is 0 Å². The van der Waals surface area contributed by atoms with Gasteiger partial charge in [0.1, 0.15) is 0 Å². The summed E-state index contributed by atoms with van der Waals surface area (Å²) in [5, 5.41) is 19.7. The summed E-state index contributed by atoms with van der Waals surface area (Å²) in [6.45, 7) is 5.40. The number of aliphatic hydroxyl groups is 1. The summed E-state index contributed by atoms with van der Waals surface area (Å²) in [6.07, 6.45) is 1.75. The highest BCUT2D eigenvalue weighted by Gasteiger charge is 2.15. The molecule has 1 rings (SSSR count). The van der Waals surface area contributed by atoms with E-state index in [0.717, 1.165) is 5.69 Å². The van der Waals surface area contributed by atoms with Gasteiger partial charge in [0.05, 0.1) is 24.9 Å². The number of nitrogens with one attached hydrogen (secondary N) is 1. The van der Waals surface area contributed by atoms with Gasteiger partial charge in [-0.25, -0.2) is 4.68 Å². The average Bonchev–Trinajstić information content (AvgIpc) is 2.82. The fourth-order valence-electron chi connectivity index (χ4n) is 1.46. The molecule has 0 saturated carbocycles. The third-order valence-electron chi connectivity index (χ3n) is 2.73. The number of hydrogen-bond donors (Lipinski definition) is 2. The minimum atomic E-state index is -0.252. The third kappa shape index (κ3) is 4.08. The van der Waals surface area contributed by atoms with Gasteiger partial charge in [0.15, 0.2) is 0 Å². The number of carbonyl (C=O) groups excluding carboxylic acids is 1. The van der Waals surface area contributed by atoms with Gasteiger partial charge in [0.25, 0.3) is 0 Å². The second-order valence-corrected chi connectivity index (χ2v) is 4.15. The maximum atomic E-state index is 11.8. The summed E-state index contributed by atoms with van der Waals surface area (Å²) in [6, 6.07) is -0.252. The monoisotopic (exact) mass is 255 g/mol. The second kappa shape index (κ2) is 7.07. The van der Waals surface area contributed by atoms with Crippen LogP contribution in [-0.2, 0) is 17.9 Å². The number of aromatic nitrogens is 3. The second-order valence-electron chi connectivity index (χ2n) is 4.15. The Kier molecular flexibility index (Phi) is 5.73. The average molecular weight is 255 g/mol.